The lowest BCUT2D eigenvalue weighted by Gasteiger charge is -2.48. The largest absolute Gasteiger partial charge is 0.463 e. The van der Waals surface area contributed by atoms with Gasteiger partial charge in [0.2, 0.25) is 0 Å². The highest BCUT2D eigenvalue weighted by molar-refractivity contribution is 6.21. The van der Waals surface area contributed by atoms with E-state index < -0.39 is 90.7 Å². The summed E-state index contributed by atoms with van der Waals surface area (Å²) in [5, 5.41) is 0. The maximum Gasteiger partial charge on any atom is 0.306 e. The number of hydrogen-bond acceptors (Lipinski definition) is 14. The zero-order valence-corrected chi connectivity index (χ0v) is 34.3. The summed E-state index contributed by atoms with van der Waals surface area (Å²) in [6.45, 7) is 8.22. The SMILES string of the molecule is CC(=O)CCC(=O)OC[C@H]1O[C@@H](OC[C@H]2O[C@@H]3OC(C)(C)O[C@@H]3[C@H]3OC(C)(C)O[C@H]32)[C@H](N2C(=O)c3ccccc3C2=O)[C@@H](OCc2ccccc2)[C@@H]1OCc1ccccc1. The van der Waals surface area contributed by atoms with Gasteiger partial charge in [0.15, 0.2) is 24.2 Å². The molecule has 0 aliphatic carbocycles. The molecule has 0 N–H and O–H groups in total. The fraction of sp³-hybridized carbons (Fsp3) is 0.511. The number of ether oxygens (including phenoxy) is 10. The van der Waals surface area contributed by atoms with Gasteiger partial charge in [0.05, 0.1) is 37.4 Å². The number of hydrogen-bond donors (Lipinski definition) is 0. The molecule has 3 aromatic carbocycles. The smallest absolute Gasteiger partial charge is 0.306 e. The van der Waals surface area contributed by atoms with Crippen LogP contribution in [0.3, 0.4) is 0 Å². The highest BCUT2D eigenvalue weighted by Gasteiger charge is 2.62. The van der Waals surface area contributed by atoms with Crippen molar-refractivity contribution < 1.29 is 66.5 Å². The lowest BCUT2D eigenvalue weighted by Crippen LogP contribution is -2.67. The second-order valence-corrected chi connectivity index (χ2v) is 16.5. The molecule has 3 aromatic rings. The van der Waals surface area contributed by atoms with Crippen LogP contribution in [0, 0.1) is 0 Å². The highest BCUT2D eigenvalue weighted by atomic mass is 16.9. The van der Waals surface area contributed by atoms with E-state index in [1.807, 2.05) is 60.7 Å². The van der Waals surface area contributed by atoms with Gasteiger partial charge < -0.3 is 52.2 Å². The second-order valence-electron chi connectivity index (χ2n) is 16.5. The van der Waals surface area contributed by atoms with Crippen molar-refractivity contribution in [2.24, 2.45) is 0 Å². The summed E-state index contributed by atoms with van der Waals surface area (Å²) in [6.07, 6.45) is -8.10. The zero-order valence-electron chi connectivity index (χ0n) is 34.3. The molecule has 0 saturated carbocycles. The van der Waals surface area contributed by atoms with Gasteiger partial charge >= 0.3 is 5.97 Å². The molecule has 0 spiro atoms. The van der Waals surface area contributed by atoms with E-state index in [-0.39, 0.29) is 56.2 Å². The molecule has 5 aliphatic rings. The lowest BCUT2D eigenvalue weighted by molar-refractivity contribution is -0.311. The maximum atomic E-state index is 14.4. The molecule has 60 heavy (non-hydrogen) atoms. The Kier molecular flexibility index (Phi) is 12.3. The van der Waals surface area contributed by atoms with E-state index in [1.165, 1.54) is 6.92 Å². The molecule has 8 rings (SSSR count). The van der Waals surface area contributed by atoms with Crippen LogP contribution < -0.4 is 0 Å². The molecule has 4 fully saturated rings. The van der Waals surface area contributed by atoms with Crippen molar-refractivity contribution in [3.8, 4) is 0 Å². The quantitative estimate of drug-likeness (QED) is 0.151. The van der Waals surface area contributed by atoms with Crippen LogP contribution in [0.1, 0.15) is 79.3 Å². The van der Waals surface area contributed by atoms with E-state index in [4.69, 9.17) is 47.4 Å². The normalized spacial score (nSPS) is 31.4. The number of Topliss-reactive ketones (excluding diaryl/α,β-unsaturated/α-hetero) is 1. The minimum Gasteiger partial charge on any atom is -0.463 e. The zero-order chi connectivity index (χ0) is 42.2. The summed E-state index contributed by atoms with van der Waals surface area (Å²) in [5.41, 5.74) is 2.08. The number of fused-ring (bicyclic) bond motifs is 4. The van der Waals surface area contributed by atoms with Crippen molar-refractivity contribution in [1.82, 2.24) is 4.90 Å². The molecule has 320 valence electrons. The third kappa shape index (κ3) is 9.10. The van der Waals surface area contributed by atoms with Gasteiger partial charge in [0, 0.05) is 6.42 Å². The number of imide groups is 1. The number of esters is 1. The summed E-state index contributed by atoms with van der Waals surface area (Å²) < 4.78 is 64.0. The van der Waals surface area contributed by atoms with Gasteiger partial charge in [-0.05, 0) is 57.9 Å². The predicted octanol–water partition coefficient (Wildman–Crippen LogP) is 4.87. The highest BCUT2D eigenvalue weighted by Crippen LogP contribution is 2.45. The summed E-state index contributed by atoms with van der Waals surface area (Å²) in [4.78, 5) is 54.6. The first-order chi connectivity index (χ1) is 28.8. The fourth-order valence-corrected chi connectivity index (χ4v) is 8.38. The Morgan fingerprint density at radius 1 is 0.617 bits per heavy atom. The summed E-state index contributed by atoms with van der Waals surface area (Å²) in [5.74, 6) is -3.84. The topological polar surface area (TPSA) is 164 Å². The Bertz CT molecular complexity index is 1990. The summed E-state index contributed by atoms with van der Waals surface area (Å²) in [6, 6.07) is 24.2. The van der Waals surface area contributed by atoms with Crippen LogP contribution in [0.25, 0.3) is 0 Å². The van der Waals surface area contributed by atoms with Gasteiger partial charge in [-0.1, -0.05) is 72.8 Å². The van der Waals surface area contributed by atoms with Crippen LogP contribution in [0.15, 0.2) is 84.9 Å². The molecular formula is C45H51NO14. The molecule has 5 heterocycles. The number of carbonyl (C=O) groups is 4. The Hall–Kier alpha value is -4.42. The Labute approximate surface area is 348 Å². The first-order valence-corrected chi connectivity index (χ1v) is 20.3. The van der Waals surface area contributed by atoms with Crippen LogP contribution in [0.5, 0.6) is 0 Å². The third-order valence-electron chi connectivity index (χ3n) is 11.1. The molecule has 0 unspecified atom stereocenters. The molecule has 15 nitrogen and oxygen atoms in total. The standard InChI is InChI=1S/C45H51NO14/c1-26(47)20-21-33(48)51-24-31-35(52-22-27-14-8-6-9-15-27)37(53-23-28-16-10-7-11-17-28)34(46-40(49)29-18-12-13-19-30(29)41(46)50)42(55-31)54-25-32-36-38(58-44(2,3)57-36)39-43(56-32)60-45(4,5)59-39/h6-19,31-32,34-39,42-43H,20-25H2,1-5H3/t31-,32-,34-,35-,36+,37-,38+,39-,42-,43-/m1/s1. The fourth-order valence-electron chi connectivity index (χ4n) is 8.38. The minimum atomic E-state index is -1.38. The van der Waals surface area contributed by atoms with E-state index in [0.29, 0.717) is 0 Å². The van der Waals surface area contributed by atoms with Crippen LogP contribution >= 0.6 is 0 Å². The van der Waals surface area contributed by atoms with E-state index in [9.17, 15) is 19.2 Å². The molecule has 0 aromatic heterocycles. The number of rotatable bonds is 15. The summed E-state index contributed by atoms with van der Waals surface area (Å²) in [7, 11) is 0. The van der Waals surface area contributed by atoms with Crippen LogP contribution in [-0.2, 0) is 70.2 Å². The molecule has 2 amide bonds. The minimum absolute atomic E-state index is 0.00852. The molecule has 5 aliphatic heterocycles. The number of nitrogens with zero attached hydrogens (tertiary/aromatic N) is 1. The van der Waals surface area contributed by atoms with Crippen molar-refractivity contribution in [2.75, 3.05) is 13.2 Å². The van der Waals surface area contributed by atoms with Crippen LogP contribution in [-0.4, -0.2) is 115 Å². The van der Waals surface area contributed by atoms with Crippen LogP contribution in [0.4, 0.5) is 0 Å². The molecule has 10 atom stereocenters. The van der Waals surface area contributed by atoms with Gasteiger partial charge in [-0.25, -0.2) is 0 Å². The predicted molar refractivity (Wildman–Crippen MR) is 209 cm³/mol. The molecule has 4 saturated heterocycles. The Morgan fingerprint density at radius 2 is 1.17 bits per heavy atom. The van der Waals surface area contributed by atoms with Gasteiger partial charge in [0.1, 0.15) is 61.2 Å². The maximum absolute atomic E-state index is 14.4. The monoisotopic (exact) mass is 829 g/mol. The van der Waals surface area contributed by atoms with E-state index >= 15 is 0 Å². The number of carbonyl (C=O) groups excluding carboxylic acids is 4. The van der Waals surface area contributed by atoms with Crippen molar-refractivity contribution >= 4 is 23.6 Å². The summed E-state index contributed by atoms with van der Waals surface area (Å²) >= 11 is 0. The van der Waals surface area contributed by atoms with Crippen molar-refractivity contribution in [3.63, 3.8) is 0 Å². The first kappa shape index (κ1) is 42.3. The number of amides is 2. The van der Waals surface area contributed by atoms with Crippen molar-refractivity contribution in [3.05, 3.63) is 107 Å². The Balaban J connectivity index is 1.16. The van der Waals surface area contributed by atoms with Crippen molar-refractivity contribution in [1.29, 1.82) is 0 Å². The lowest BCUT2D eigenvalue weighted by atomic mass is 9.94. The van der Waals surface area contributed by atoms with E-state index in [0.717, 1.165) is 16.0 Å². The molecular weight excluding hydrogens is 778 g/mol. The van der Waals surface area contributed by atoms with Crippen molar-refractivity contribution in [2.45, 2.75) is 134 Å². The van der Waals surface area contributed by atoms with Gasteiger partial charge in [-0.2, -0.15) is 0 Å². The third-order valence-corrected chi connectivity index (χ3v) is 11.1. The second kappa shape index (κ2) is 17.5. The number of ketones is 1. The first-order valence-electron chi connectivity index (χ1n) is 20.3. The average Bonchev–Trinajstić information content (AvgIpc) is 3.82. The molecule has 0 radical (unpaired) electrons. The van der Waals surface area contributed by atoms with Gasteiger partial charge in [-0.3, -0.25) is 19.3 Å². The molecule has 0 bridgehead atoms. The number of benzene rings is 3. The van der Waals surface area contributed by atoms with Gasteiger partial charge in [-0.15, -0.1) is 0 Å². The van der Waals surface area contributed by atoms with E-state index in [1.54, 1.807) is 52.0 Å². The van der Waals surface area contributed by atoms with Gasteiger partial charge in [0.25, 0.3) is 11.8 Å². The average molecular weight is 830 g/mol. The molecule has 15 heteroatoms. The van der Waals surface area contributed by atoms with Crippen LogP contribution in [0.2, 0.25) is 0 Å². The van der Waals surface area contributed by atoms with E-state index in [2.05, 4.69) is 0 Å². The Morgan fingerprint density at radius 3 is 1.78 bits per heavy atom.